The van der Waals surface area contributed by atoms with Crippen LogP contribution in [0.15, 0.2) is 33.5 Å². The van der Waals surface area contributed by atoms with Gasteiger partial charge in [0, 0.05) is 0 Å². The van der Waals surface area contributed by atoms with Crippen molar-refractivity contribution in [3.8, 4) is 11.3 Å². The second kappa shape index (κ2) is 2.94. The number of aldehydes is 1. The third kappa shape index (κ3) is 1.28. The van der Waals surface area contributed by atoms with Gasteiger partial charge in [-0.15, -0.1) is 0 Å². The molecule has 0 saturated carbocycles. The third-order valence-corrected chi connectivity index (χ3v) is 1.86. The molecule has 0 atom stereocenters. The lowest BCUT2D eigenvalue weighted by molar-refractivity contribution is 0.110. The summed E-state index contributed by atoms with van der Waals surface area (Å²) in [6.07, 6.45) is 3.92. The van der Waals surface area contributed by atoms with E-state index in [2.05, 4.69) is 0 Å². The zero-order chi connectivity index (χ0) is 9.26. The Hall–Kier alpha value is -1.77. The van der Waals surface area contributed by atoms with Crippen LogP contribution in [0.3, 0.4) is 0 Å². The van der Waals surface area contributed by atoms with Gasteiger partial charge in [0.15, 0.2) is 12.0 Å². The number of rotatable bonds is 2. The molecule has 0 spiro atoms. The van der Waals surface area contributed by atoms with Crippen LogP contribution < -0.4 is 0 Å². The van der Waals surface area contributed by atoms with E-state index in [9.17, 15) is 4.79 Å². The summed E-state index contributed by atoms with van der Waals surface area (Å²) >= 11 is 0. The predicted molar refractivity (Wildman–Crippen MR) is 46.5 cm³/mol. The van der Waals surface area contributed by atoms with E-state index in [-0.39, 0.29) is 0 Å². The van der Waals surface area contributed by atoms with Crippen LogP contribution in [0.4, 0.5) is 0 Å². The van der Waals surface area contributed by atoms with Crippen LogP contribution >= 0.6 is 0 Å². The first-order valence-electron chi connectivity index (χ1n) is 3.89. The Bertz CT molecular complexity index is 423. The first-order chi connectivity index (χ1) is 6.31. The molecule has 0 N–H and O–H groups in total. The number of aryl methyl sites for hydroxylation is 1. The molecule has 0 bridgehead atoms. The summed E-state index contributed by atoms with van der Waals surface area (Å²) in [5.74, 6) is 0.990. The third-order valence-electron chi connectivity index (χ3n) is 1.86. The highest BCUT2D eigenvalue weighted by Gasteiger charge is 2.08. The lowest BCUT2D eigenvalue weighted by Gasteiger charge is -1.90. The Morgan fingerprint density at radius 3 is 2.69 bits per heavy atom. The van der Waals surface area contributed by atoms with Crippen molar-refractivity contribution in [2.24, 2.45) is 0 Å². The maximum absolute atomic E-state index is 10.4. The van der Waals surface area contributed by atoms with E-state index in [1.165, 1.54) is 0 Å². The van der Waals surface area contributed by atoms with Gasteiger partial charge in [0.05, 0.1) is 11.8 Å². The number of carbonyl (C=O) groups is 1. The molecule has 2 aromatic rings. The van der Waals surface area contributed by atoms with Gasteiger partial charge in [-0.05, 0) is 24.6 Å². The van der Waals surface area contributed by atoms with Crippen molar-refractivity contribution in [3.05, 3.63) is 36.0 Å². The largest absolute Gasteiger partial charge is 0.472 e. The quantitative estimate of drug-likeness (QED) is 0.660. The van der Waals surface area contributed by atoms with Gasteiger partial charge in [0.2, 0.25) is 0 Å². The second-order valence-electron chi connectivity index (χ2n) is 2.79. The number of hydrogen-bond acceptors (Lipinski definition) is 3. The lowest BCUT2D eigenvalue weighted by atomic mass is 10.2. The van der Waals surface area contributed by atoms with Crippen LogP contribution in [0.25, 0.3) is 11.3 Å². The fourth-order valence-corrected chi connectivity index (χ4v) is 1.17. The molecule has 2 heterocycles. The molecule has 2 rings (SSSR count). The first-order valence-corrected chi connectivity index (χ1v) is 3.89. The van der Waals surface area contributed by atoms with Gasteiger partial charge in [0.1, 0.15) is 12.0 Å². The minimum atomic E-state index is 0.329. The lowest BCUT2D eigenvalue weighted by Crippen LogP contribution is -1.72. The molecule has 0 aliphatic rings. The van der Waals surface area contributed by atoms with Crippen molar-refractivity contribution in [2.45, 2.75) is 6.92 Å². The topological polar surface area (TPSA) is 43.4 Å². The zero-order valence-electron chi connectivity index (χ0n) is 7.11. The molecule has 0 unspecified atom stereocenters. The van der Waals surface area contributed by atoms with E-state index in [4.69, 9.17) is 8.83 Å². The molecule has 3 nitrogen and oxygen atoms in total. The van der Waals surface area contributed by atoms with Gasteiger partial charge in [-0.25, -0.2) is 0 Å². The Kier molecular flexibility index (Phi) is 1.77. The molecule has 0 aliphatic heterocycles. The molecule has 66 valence electrons. The van der Waals surface area contributed by atoms with Crippen LogP contribution in [-0.4, -0.2) is 6.29 Å². The van der Waals surface area contributed by atoms with E-state index in [1.54, 1.807) is 24.7 Å². The second-order valence-corrected chi connectivity index (χ2v) is 2.79. The van der Waals surface area contributed by atoms with E-state index in [1.807, 2.05) is 6.92 Å². The molecular weight excluding hydrogens is 168 g/mol. The molecule has 3 heteroatoms. The van der Waals surface area contributed by atoms with Gasteiger partial charge in [-0.2, -0.15) is 0 Å². The summed E-state index contributed by atoms with van der Waals surface area (Å²) in [7, 11) is 0. The normalized spacial score (nSPS) is 10.2. The highest BCUT2D eigenvalue weighted by Crippen LogP contribution is 2.25. The van der Waals surface area contributed by atoms with Crippen LogP contribution in [0.2, 0.25) is 0 Å². The minimum Gasteiger partial charge on any atom is -0.472 e. The molecule has 13 heavy (non-hydrogen) atoms. The van der Waals surface area contributed by atoms with Crippen molar-refractivity contribution in [2.75, 3.05) is 0 Å². The van der Waals surface area contributed by atoms with Gasteiger partial charge in [0.25, 0.3) is 0 Å². The first kappa shape index (κ1) is 7.86. The minimum absolute atomic E-state index is 0.329. The van der Waals surface area contributed by atoms with Gasteiger partial charge < -0.3 is 8.83 Å². The monoisotopic (exact) mass is 176 g/mol. The smallest absolute Gasteiger partial charge is 0.185 e. The van der Waals surface area contributed by atoms with E-state index >= 15 is 0 Å². The predicted octanol–water partition coefficient (Wildman–Crippen LogP) is 2.66. The Balaban J connectivity index is 2.46. The van der Waals surface area contributed by atoms with Crippen molar-refractivity contribution in [1.82, 2.24) is 0 Å². The number of hydrogen-bond donors (Lipinski definition) is 0. The molecule has 0 aromatic carbocycles. The average molecular weight is 176 g/mol. The Labute approximate surface area is 75.0 Å². The maximum atomic E-state index is 10.4. The summed E-state index contributed by atoms with van der Waals surface area (Å²) in [5, 5.41) is 0. The molecule has 0 radical (unpaired) electrons. The zero-order valence-corrected chi connectivity index (χ0v) is 7.11. The molecule has 0 fully saturated rings. The summed E-state index contributed by atoms with van der Waals surface area (Å²) in [6.45, 7) is 1.92. The van der Waals surface area contributed by atoms with Crippen LogP contribution in [0.5, 0.6) is 0 Å². The van der Waals surface area contributed by atoms with Crippen molar-refractivity contribution >= 4 is 6.29 Å². The Morgan fingerprint density at radius 2 is 2.15 bits per heavy atom. The van der Waals surface area contributed by atoms with E-state index in [0.29, 0.717) is 17.8 Å². The van der Waals surface area contributed by atoms with Crippen LogP contribution in [0.1, 0.15) is 16.1 Å². The van der Waals surface area contributed by atoms with E-state index < -0.39 is 0 Å². The summed E-state index contributed by atoms with van der Waals surface area (Å²) in [5.41, 5.74) is 1.87. The van der Waals surface area contributed by atoms with Crippen molar-refractivity contribution < 1.29 is 13.6 Å². The highest BCUT2D eigenvalue weighted by atomic mass is 16.4. The fourth-order valence-electron chi connectivity index (χ4n) is 1.17. The standard InChI is InChI=1S/C10H8O3/c1-7-5-12-6-9(7)10-3-2-8(4-11)13-10/h2-6H,1H3. The summed E-state index contributed by atoms with van der Waals surface area (Å²) in [4.78, 5) is 10.4. The number of furan rings is 2. The molecule has 2 aromatic heterocycles. The maximum Gasteiger partial charge on any atom is 0.185 e. The SMILES string of the molecule is Cc1cocc1-c1ccc(C=O)o1. The molecule has 0 amide bonds. The average Bonchev–Trinajstić information content (AvgIpc) is 2.71. The molecule has 0 aliphatic carbocycles. The number of carbonyl (C=O) groups excluding carboxylic acids is 1. The fraction of sp³-hybridized carbons (Fsp3) is 0.100. The molecule has 0 saturated heterocycles. The van der Waals surface area contributed by atoms with Crippen molar-refractivity contribution in [3.63, 3.8) is 0 Å². The van der Waals surface area contributed by atoms with Gasteiger partial charge in [-0.3, -0.25) is 4.79 Å². The van der Waals surface area contributed by atoms with Crippen molar-refractivity contribution in [1.29, 1.82) is 0 Å². The van der Waals surface area contributed by atoms with Gasteiger partial charge in [-0.1, -0.05) is 0 Å². The highest BCUT2D eigenvalue weighted by molar-refractivity contribution is 5.73. The van der Waals surface area contributed by atoms with Crippen LogP contribution in [-0.2, 0) is 0 Å². The van der Waals surface area contributed by atoms with Crippen LogP contribution in [0, 0.1) is 6.92 Å². The van der Waals surface area contributed by atoms with E-state index in [0.717, 1.165) is 11.1 Å². The Morgan fingerprint density at radius 1 is 1.31 bits per heavy atom. The molecular formula is C10H8O3. The van der Waals surface area contributed by atoms with Gasteiger partial charge >= 0.3 is 0 Å². The summed E-state index contributed by atoms with van der Waals surface area (Å²) < 4.78 is 10.2. The summed E-state index contributed by atoms with van der Waals surface area (Å²) in [6, 6.07) is 3.39.